The van der Waals surface area contributed by atoms with Gasteiger partial charge in [-0.05, 0) is 106 Å². The Hall–Kier alpha value is -2.00. The molecule has 0 aromatic carbocycles. The second-order valence-corrected chi connectivity index (χ2v) is 9.62. The molecule has 0 saturated heterocycles. The number of ketones is 2. The van der Waals surface area contributed by atoms with Crippen molar-refractivity contribution in [2.24, 2.45) is 0 Å². The van der Waals surface area contributed by atoms with Gasteiger partial charge in [0.25, 0.3) is 0 Å². The number of allylic oxidation sites excluding steroid dienone is 10. The van der Waals surface area contributed by atoms with E-state index in [4.69, 9.17) is 0 Å². The summed E-state index contributed by atoms with van der Waals surface area (Å²) in [5.74, 6) is -0.153. The molecule has 31 heavy (non-hydrogen) atoms. The first kappa shape index (κ1) is 27.0. The first-order chi connectivity index (χ1) is 14.4. The van der Waals surface area contributed by atoms with Gasteiger partial charge >= 0.3 is 0 Å². The van der Waals surface area contributed by atoms with E-state index in [2.05, 4.69) is 45.9 Å². The SMILES string of the molecule is CC(C)=CCC/C(C)=C/CC/C(C)=C/CC[C@@](C)(O)CCC1=C(C)C(=O)C=C(C)C1=O. The van der Waals surface area contributed by atoms with Crippen LogP contribution >= 0.6 is 0 Å². The van der Waals surface area contributed by atoms with Gasteiger partial charge in [0, 0.05) is 16.7 Å². The monoisotopic (exact) mass is 426 g/mol. The molecule has 0 unspecified atom stereocenters. The number of carbonyl (C=O) groups is 2. The van der Waals surface area contributed by atoms with E-state index in [-0.39, 0.29) is 11.6 Å². The fraction of sp³-hybridized carbons (Fsp3) is 0.571. The second kappa shape index (κ2) is 12.8. The van der Waals surface area contributed by atoms with E-state index in [1.54, 1.807) is 13.8 Å². The van der Waals surface area contributed by atoms with E-state index in [1.165, 1.54) is 22.8 Å². The van der Waals surface area contributed by atoms with E-state index >= 15 is 0 Å². The van der Waals surface area contributed by atoms with Crippen LogP contribution in [0.5, 0.6) is 0 Å². The summed E-state index contributed by atoms with van der Waals surface area (Å²) in [5, 5.41) is 10.8. The Balaban J connectivity index is 2.45. The van der Waals surface area contributed by atoms with Crippen molar-refractivity contribution in [1.29, 1.82) is 0 Å². The predicted molar refractivity (Wildman–Crippen MR) is 131 cm³/mol. The van der Waals surface area contributed by atoms with Crippen LogP contribution in [-0.2, 0) is 9.59 Å². The fourth-order valence-electron chi connectivity index (χ4n) is 3.72. The zero-order valence-electron chi connectivity index (χ0n) is 20.7. The summed E-state index contributed by atoms with van der Waals surface area (Å²) < 4.78 is 0. The Kier molecular flexibility index (Phi) is 11.1. The number of carbonyl (C=O) groups excluding carboxylic acids is 2. The minimum Gasteiger partial charge on any atom is -0.390 e. The van der Waals surface area contributed by atoms with Crippen LogP contribution in [0.3, 0.4) is 0 Å². The molecule has 1 rings (SSSR count). The maximum absolute atomic E-state index is 12.4. The quantitative estimate of drug-likeness (QED) is 0.267. The molecule has 0 bridgehead atoms. The van der Waals surface area contributed by atoms with Crippen LogP contribution in [0.2, 0.25) is 0 Å². The normalized spacial score (nSPS) is 17.6. The lowest BCUT2D eigenvalue weighted by Gasteiger charge is -2.24. The summed E-state index contributed by atoms with van der Waals surface area (Å²) in [7, 11) is 0. The molecular formula is C28H42O3. The fourth-order valence-corrected chi connectivity index (χ4v) is 3.72. The number of aliphatic hydroxyl groups is 1. The smallest absolute Gasteiger partial charge is 0.185 e. The summed E-state index contributed by atoms with van der Waals surface area (Å²) >= 11 is 0. The summed E-state index contributed by atoms with van der Waals surface area (Å²) in [6, 6.07) is 0. The molecule has 0 amide bonds. The Morgan fingerprint density at radius 3 is 2.03 bits per heavy atom. The number of hydrogen-bond donors (Lipinski definition) is 1. The molecule has 0 aliphatic heterocycles. The van der Waals surface area contributed by atoms with Gasteiger partial charge in [-0.1, -0.05) is 34.9 Å². The molecule has 3 nitrogen and oxygen atoms in total. The van der Waals surface area contributed by atoms with Crippen molar-refractivity contribution in [3.8, 4) is 0 Å². The van der Waals surface area contributed by atoms with Gasteiger partial charge < -0.3 is 5.11 Å². The molecule has 0 fully saturated rings. The first-order valence-corrected chi connectivity index (χ1v) is 11.6. The molecule has 3 heteroatoms. The largest absolute Gasteiger partial charge is 0.390 e. The molecule has 172 valence electrons. The highest BCUT2D eigenvalue weighted by Gasteiger charge is 2.26. The molecule has 1 aliphatic carbocycles. The molecule has 0 spiro atoms. The predicted octanol–water partition coefficient (Wildman–Crippen LogP) is 7.13. The van der Waals surface area contributed by atoms with Crippen LogP contribution in [0.4, 0.5) is 0 Å². The van der Waals surface area contributed by atoms with Gasteiger partial charge in [0.1, 0.15) is 0 Å². The van der Waals surface area contributed by atoms with Gasteiger partial charge in [0.05, 0.1) is 5.60 Å². The van der Waals surface area contributed by atoms with Crippen LogP contribution in [0, 0.1) is 0 Å². The molecule has 1 atom stereocenters. The zero-order valence-corrected chi connectivity index (χ0v) is 20.7. The van der Waals surface area contributed by atoms with Gasteiger partial charge in [0.2, 0.25) is 0 Å². The Morgan fingerprint density at radius 1 is 0.903 bits per heavy atom. The Labute approximate surface area is 189 Å². The third kappa shape index (κ3) is 10.2. The number of rotatable bonds is 12. The standard InChI is InChI=1S/C28H42O3/c1-20(2)11-8-12-21(3)13-9-14-22(4)15-10-17-28(7,31)18-16-25-24(6)26(29)19-23(5)27(25)30/h11,13,15,19,31H,8-10,12,14,16-18H2,1-7H3/b21-13+,22-15+/t28-/m1/s1. The highest BCUT2D eigenvalue weighted by molar-refractivity contribution is 6.22. The Bertz CT molecular complexity index is 809. The number of Topliss-reactive ketones (excluding diaryl/α,β-unsaturated/α-hetero) is 1. The molecule has 0 saturated carbocycles. The molecule has 0 heterocycles. The molecule has 0 aromatic rings. The van der Waals surface area contributed by atoms with Crippen molar-refractivity contribution in [3.05, 3.63) is 57.7 Å². The van der Waals surface area contributed by atoms with E-state index in [1.807, 2.05) is 6.92 Å². The number of hydrogen-bond acceptors (Lipinski definition) is 3. The maximum Gasteiger partial charge on any atom is 0.185 e. The summed E-state index contributed by atoms with van der Waals surface area (Å²) in [6.07, 6.45) is 14.9. The van der Waals surface area contributed by atoms with Crippen LogP contribution < -0.4 is 0 Å². The lowest BCUT2D eigenvalue weighted by molar-refractivity contribution is -0.116. The van der Waals surface area contributed by atoms with Gasteiger partial charge in [-0.25, -0.2) is 0 Å². The van der Waals surface area contributed by atoms with Gasteiger partial charge in [-0.2, -0.15) is 0 Å². The van der Waals surface area contributed by atoms with Crippen LogP contribution in [0.15, 0.2) is 57.7 Å². The minimum absolute atomic E-state index is 0.0622. The van der Waals surface area contributed by atoms with Crippen molar-refractivity contribution in [3.63, 3.8) is 0 Å². The lowest BCUT2D eigenvalue weighted by atomic mass is 9.84. The molecule has 0 radical (unpaired) electrons. The average Bonchev–Trinajstić information content (AvgIpc) is 2.66. The van der Waals surface area contributed by atoms with Crippen molar-refractivity contribution in [2.45, 2.75) is 105 Å². The van der Waals surface area contributed by atoms with Crippen molar-refractivity contribution >= 4 is 11.6 Å². The summed E-state index contributed by atoms with van der Waals surface area (Å²) in [4.78, 5) is 24.3. The molecule has 1 aliphatic rings. The third-order valence-electron chi connectivity index (χ3n) is 6.01. The lowest BCUT2D eigenvalue weighted by Crippen LogP contribution is -2.26. The first-order valence-electron chi connectivity index (χ1n) is 11.6. The third-order valence-corrected chi connectivity index (χ3v) is 6.01. The van der Waals surface area contributed by atoms with E-state index < -0.39 is 5.60 Å². The highest BCUT2D eigenvalue weighted by Crippen LogP contribution is 2.28. The van der Waals surface area contributed by atoms with E-state index in [9.17, 15) is 14.7 Å². The van der Waals surface area contributed by atoms with Crippen LogP contribution in [0.1, 0.15) is 99.8 Å². The van der Waals surface area contributed by atoms with Gasteiger partial charge in [-0.15, -0.1) is 0 Å². The van der Waals surface area contributed by atoms with Crippen LogP contribution in [-0.4, -0.2) is 22.3 Å². The summed E-state index contributed by atoms with van der Waals surface area (Å²) in [6.45, 7) is 13.8. The van der Waals surface area contributed by atoms with Crippen molar-refractivity contribution in [2.75, 3.05) is 0 Å². The second-order valence-electron chi connectivity index (χ2n) is 9.62. The molecular weight excluding hydrogens is 384 g/mol. The average molecular weight is 427 g/mol. The maximum atomic E-state index is 12.4. The Morgan fingerprint density at radius 2 is 1.45 bits per heavy atom. The van der Waals surface area contributed by atoms with Crippen molar-refractivity contribution in [1.82, 2.24) is 0 Å². The minimum atomic E-state index is -0.857. The zero-order chi connectivity index (χ0) is 23.6. The summed E-state index contributed by atoms with van der Waals surface area (Å²) in [5.41, 5.74) is 4.87. The highest BCUT2D eigenvalue weighted by atomic mass is 16.3. The van der Waals surface area contributed by atoms with Gasteiger partial charge in [-0.3, -0.25) is 9.59 Å². The molecule has 0 aromatic heterocycles. The van der Waals surface area contributed by atoms with E-state index in [0.717, 1.165) is 32.1 Å². The van der Waals surface area contributed by atoms with Gasteiger partial charge in [0.15, 0.2) is 11.6 Å². The van der Waals surface area contributed by atoms with Crippen LogP contribution in [0.25, 0.3) is 0 Å². The van der Waals surface area contributed by atoms with E-state index in [0.29, 0.717) is 36.0 Å². The van der Waals surface area contributed by atoms with Crippen molar-refractivity contribution < 1.29 is 14.7 Å². The molecule has 1 N–H and O–H groups in total. The topological polar surface area (TPSA) is 54.4 Å².